The number of benzene rings is 2. The second-order valence-electron chi connectivity index (χ2n) is 6.46. The van der Waals surface area contributed by atoms with Crippen molar-refractivity contribution in [1.82, 2.24) is 0 Å². The van der Waals surface area contributed by atoms with Gasteiger partial charge in [0.1, 0.15) is 5.82 Å². The molecule has 0 saturated heterocycles. The van der Waals surface area contributed by atoms with E-state index in [-0.39, 0.29) is 17.0 Å². The summed E-state index contributed by atoms with van der Waals surface area (Å²) in [5.41, 5.74) is 3.23. The second kappa shape index (κ2) is 5.55. The number of carbonyl (C=O) groups is 1. The van der Waals surface area contributed by atoms with Crippen LogP contribution in [-0.4, -0.2) is 5.78 Å². The van der Waals surface area contributed by atoms with E-state index in [4.69, 9.17) is 4.42 Å². The molecule has 1 aliphatic heterocycles. The van der Waals surface area contributed by atoms with Gasteiger partial charge in [-0.15, -0.1) is 0 Å². The molecule has 2 heterocycles. The fourth-order valence-electron chi connectivity index (χ4n) is 3.33. The van der Waals surface area contributed by atoms with Gasteiger partial charge in [-0.3, -0.25) is 9.59 Å². The lowest BCUT2D eigenvalue weighted by atomic mass is 10.0. The summed E-state index contributed by atoms with van der Waals surface area (Å²) in [6, 6.07) is 9.56. The van der Waals surface area contributed by atoms with Gasteiger partial charge in [-0.05, 0) is 54.8 Å². The standard InChI is InChI=1S/C20H16FNO3/c1-11-5-16(12(2)23)20-17(6-11)18(24)8-19(25-20)22-9-13-3-4-15(21)7-14(13)10-22/h3-8H,9-10H2,1-2H3. The molecule has 3 aromatic rings. The van der Waals surface area contributed by atoms with Crippen LogP contribution in [0, 0.1) is 12.7 Å². The number of halogens is 1. The molecule has 0 bridgehead atoms. The molecule has 1 aromatic heterocycles. The van der Waals surface area contributed by atoms with Crippen molar-refractivity contribution in [1.29, 1.82) is 0 Å². The first kappa shape index (κ1) is 15.6. The van der Waals surface area contributed by atoms with Crippen LogP contribution < -0.4 is 10.3 Å². The maximum Gasteiger partial charge on any atom is 0.200 e. The molecule has 1 aliphatic rings. The zero-order valence-corrected chi connectivity index (χ0v) is 13.9. The summed E-state index contributed by atoms with van der Waals surface area (Å²) in [5.74, 6) is -0.0452. The Bertz CT molecular complexity index is 1080. The van der Waals surface area contributed by atoms with Gasteiger partial charge in [0, 0.05) is 19.2 Å². The molecule has 0 saturated carbocycles. The van der Waals surface area contributed by atoms with E-state index in [1.54, 1.807) is 18.2 Å². The smallest absolute Gasteiger partial charge is 0.200 e. The molecule has 2 aromatic carbocycles. The largest absolute Gasteiger partial charge is 0.439 e. The highest BCUT2D eigenvalue weighted by Gasteiger charge is 2.23. The van der Waals surface area contributed by atoms with Gasteiger partial charge in [-0.2, -0.15) is 0 Å². The average molecular weight is 337 g/mol. The van der Waals surface area contributed by atoms with Gasteiger partial charge in [0.15, 0.2) is 16.8 Å². The summed E-state index contributed by atoms with van der Waals surface area (Å²) in [5, 5.41) is 0.400. The number of fused-ring (bicyclic) bond motifs is 2. The number of anilines is 1. The van der Waals surface area contributed by atoms with Gasteiger partial charge in [0.2, 0.25) is 5.88 Å². The van der Waals surface area contributed by atoms with E-state index in [0.29, 0.717) is 35.5 Å². The minimum atomic E-state index is -0.282. The van der Waals surface area contributed by atoms with Gasteiger partial charge < -0.3 is 9.32 Å². The molecule has 0 aliphatic carbocycles. The predicted octanol–water partition coefficient (Wildman–Crippen LogP) is 3.96. The molecule has 0 N–H and O–H groups in total. The van der Waals surface area contributed by atoms with Crippen LogP contribution >= 0.6 is 0 Å². The molecule has 126 valence electrons. The third-order valence-electron chi connectivity index (χ3n) is 4.54. The third-order valence-corrected chi connectivity index (χ3v) is 4.54. The summed E-state index contributed by atoms with van der Waals surface area (Å²) in [6.45, 7) is 4.29. The van der Waals surface area contributed by atoms with Crippen LogP contribution in [0.2, 0.25) is 0 Å². The first-order valence-electron chi connectivity index (χ1n) is 8.04. The van der Waals surface area contributed by atoms with Gasteiger partial charge in [-0.25, -0.2) is 4.39 Å². The number of carbonyl (C=O) groups excluding carboxylic acids is 1. The van der Waals surface area contributed by atoms with Crippen LogP contribution in [0.25, 0.3) is 11.0 Å². The van der Waals surface area contributed by atoms with E-state index < -0.39 is 0 Å². The second-order valence-corrected chi connectivity index (χ2v) is 6.46. The summed E-state index contributed by atoms with van der Waals surface area (Å²) in [7, 11) is 0. The first-order valence-corrected chi connectivity index (χ1v) is 8.04. The maximum absolute atomic E-state index is 13.4. The van der Waals surface area contributed by atoms with Gasteiger partial charge in [-0.1, -0.05) is 6.07 Å². The van der Waals surface area contributed by atoms with Crippen molar-refractivity contribution in [2.75, 3.05) is 4.90 Å². The van der Waals surface area contributed by atoms with Crippen LogP contribution in [0.3, 0.4) is 0 Å². The van der Waals surface area contributed by atoms with E-state index in [9.17, 15) is 14.0 Å². The van der Waals surface area contributed by atoms with Crippen LogP contribution in [0.5, 0.6) is 0 Å². The van der Waals surface area contributed by atoms with E-state index in [0.717, 1.165) is 16.7 Å². The van der Waals surface area contributed by atoms with Crippen LogP contribution in [0.1, 0.15) is 34.0 Å². The molecular weight excluding hydrogens is 321 g/mol. The molecule has 5 heteroatoms. The molecule has 0 atom stereocenters. The van der Waals surface area contributed by atoms with Crippen molar-refractivity contribution >= 4 is 22.6 Å². The Hall–Kier alpha value is -2.95. The molecule has 0 spiro atoms. The average Bonchev–Trinajstić information content (AvgIpc) is 2.97. The predicted molar refractivity (Wildman–Crippen MR) is 93.5 cm³/mol. The fourth-order valence-corrected chi connectivity index (χ4v) is 3.33. The highest BCUT2D eigenvalue weighted by Crippen LogP contribution is 2.31. The molecule has 0 fully saturated rings. The van der Waals surface area contributed by atoms with Gasteiger partial charge in [0.05, 0.1) is 10.9 Å². The Morgan fingerprint density at radius 3 is 2.64 bits per heavy atom. The number of aryl methyl sites for hydroxylation is 1. The summed E-state index contributed by atoms with van der Waals surface area (Å²) in [6.07, 6.45) is 0. The normalized spacial score (nSPS) is 13.3. The van der Waals surface area contributed by atoms with E-state index in [1.807, 2.05) is 11.8 Å². The highest BCUT2D eigenvalue weighted by molar-refractivity contribution is 6.05. The van der Waals surface area contributed by atoms with E-state index in [2.05, 4.69) is 0 Å². The minimum absolute atomic E-state index is 0.152. The lowest BCUT2D eigenvalue weighted by molar-refractivity contribution is 0.101. The van der Waals surface area contributed by atoms with Gasteiger partial charge >= 0.3 is 0 Å². The quantitative estimate of drug-likeness (QED) is 0.664. The summed E-state index contributed by atoms with van der Waals surface area (Å²) >= 11 is 0. The summed E-state index contributed by atoms with van der Waals surface area (Å²) in [4.78, 5) is 26.4. The monoisotopic (exact) mass is 337 g/mol. The molecule has 4 rings (SSSR count). The Balaban J connectivity index is 1.85. The number of Topliss-reactive ketones (excluding diaryl/α,β-unsaturated/α-hetero) is 1. The number of ketones is 1. The number of hydrogen-bond acceptors (Lipinski definition) is 4. The summed E-state index contributed by atoms with van der Waals surface area (Å²) < 4.78 is 19.4. The van der Waals surface area contributed by atoms with Crippen molar-refractivity contribution in [3.8, 4) is 0 Å². The van der Waals surface area contributed by atoms with Crippen molar-refractivity contribution < 1.29 is 13.6 Å². The number of rotatable bonds is 2. The van der Waals surface area contributed by atoms with Gasteiger partial charge in [0.25, 0.3) is 0 Å². The zero-order valence-electron chi connectivity index (χ0n) is 13.9. The van der Waals surface area contributed by atoms with Crippen molar-refractivity contribution in [3.63, 3.8) is 0 Å². The number of hydrogen-bond donors (Lipinski definition) is 0. The molecule has 0 unspecified atom stereocenters. The zero-order chi connectivity index (χ0) is 17.7. The minimum Gasteiger partial charge on any atom is -0.439 e. The SMILES string of the molecule is CC(=O)c1cc(C)cc2c(=O)cc(N3Cc4ccc(F)cc4C3)oc12. The lowest BCUT2D eigenvalue weighted by Crippen LogP contribution is -2.17. The van der Waals surface area contributed by atoms with E-state index >= 15 is 0 Å². The Kier molecular flexibility index (Phi) is 3.46. The van der Waals surface area contributed by atoms with Crippen molar-refractivity contribution in [3.05, 3.63) is 74.7 Å². The maximum atomic E-state index is 13.4. The molecule has 25 heavy (non-hydrogen) atoms. The molecule has 0 amide bonds. The fraction of sp³-hybridized carbons (Fsp3) is 0.200. The van der Waals surface area contributed by atoms with Crippen molar-refractivity contribution in [2.24, 2.45) is 0 Å². The Labute approximate surface area is 143 Å². The topological polar surface area (TPSA) is 50.5 Å². The molecule has 4 nitrogen and oxygen atoms in total. The van der Waals surface area contributed by atoms with Crippen LogP contribution in [-0.2, 0) is 13.1 Å². The number of nitrogens with zero attached hydrogens (tertiary/aromatic N) is 1. The molecular formula is C20H16FNO3. The Morgan fingerprint density at radius 1 is 1.12 bits per heavy atom. The van der Waals surface area contributed by atoms with Crippen LogP contribution in [0.4, 0.5) is 10.3 Å². The lowest BCUT2D eigenvalue weighted by Gasteiger charge is -2.17. The Morgan fingerprint density at radius 2 is 1.88 bits per heavy atom. The van der Waals surface area contributed by atoms with E-state index in [1.165, 1.54) is 25.1 Å². The third kappa shape index (κ3) is 2.61. The first-order chi connectivity index (χ1) is 11.9. The highest BCUT2D eigenvalue weighted by atomic mass is 19.1. The van der Waals surface area contributed by atoms with Crippen LogP contribution in [0.15, 0.2) is 45.6 Å². The van der Waals surface area contributed by atoms with Crippen molar-refractivity contribution in [2.45, 2.75) is 26.9 Å². The molecule has 0 radical (unpaired) electrons.